The number of anilines is 2. The Balaban J connectivity index is 1.52. The Morgan fingerprint density at radius 1 is 0.903 bits per heavy atom. The number of rotatable bonds is 7. The Morgan fingerprint density at radius 3 is 2.35 bits per heavy atom. The molecule has 158 valence electrons. The van der Waals surface area contributed by atoms with Gasteiger partial charge < -0.3 is 20.7 Å². The van der Waals surface area contributed by atoms with Gasteiger partial charge in [-0.15, -0.1) is 0 Å². The summed E-state index contributed by atoms with van der Waals surface area (Å²) in [5.74, 6) is 0.525. The summed E-state index contributed by atoms with van der Waals surface area (Å²) in [6.07, 6.45) is 3.21. The van der Waals surface area contributed by atoms with Crippen LogP contribution in [0.25, 0.3) is 6.08 Å². The molecule has 31 heavy (non-hydrogen) atoms. The number of benzene rings is 3. The van der Waals surface area contributed by atoms with Gasteiger partial charge >= 0.3 is 6.03 Å². The third kappa shape index (κ3) is 7.04. The van der Waals surface area contributed by atoms with Gasteiger partial charge in [-0.2, -0.15) is 0 Å². The first-order valence-electron chi connectivity index (χ1n) is 9.85. The molecular formula is C25H25N3O3. The molecule has 0 heterocycles. The van der Waals surface area contributed by atoms with E-state index in [1.54, 1.807) is 19.3 Å². The topological polar surface area (TPSA) is 79.5 Å². The molecule has 3 rings (SSSR count). The van der Waals surface area contributed by atoms with E-state index in [1.807, 2.05) is 73.7 Å². The fraction of sp³-hybridized carbons (Fsp3) is 0.120. The zero-order valence-electron chi connectivity index (χ0n) is 17.5. The highest BCUT2D eigenvalue weighted by atomic mass is 16.5. The maximum Gasteiger partial charge on any atom is 0.323 e. The maximum absolute atomic E-state index is 12.2. The summed E-state index contributed by atoms with van der Waals surface area (Å²) in [4.78, 5) is 24.4. The van der Waals surface area contributed by atoms with Crippen molar-refractivity contribution in [1.29, 1.82) is 0 Å². The fourth-order valence-corrected chi connectivity index (χ4v) is 2.94. The summed E-state index contributed by atoms with van der Waals surface area (Å²) < 4.78 is 5.18. The molecule has 6 heteroatoms. The highest BCUT2D eigenvalue weighted by Crippen LogP contribution is 2.15. The lowest BCUT2D eigenvalue weighted by Gasteiger charge is -2.10. The maximum atomic E-state index is 12.2. The smallest absolute Gasteiger partial charge is 0.323 e. The molecule has 3 aromatic rings. The molecule has 0 radical (unpaired) electrons. The van der Waals surface area contributed by atoms with Gasteiger partial charge in [0.05, 0.1) is 7.11 Å². The average molecular weight is 415 g/mol. The van der Waals surface area contributed by atoms with Crippen LogP contribution in [0.3, 0.4) is 0 Å². The standard InChI is InChI=1S/C25H25N3O3/c1-18-6-3-9-21(14-18)27-25(30)28-22-10-4-8-20(15-22)17-26-24(29)13-12-19-7-5-11-23(16-19)31-2/h3-16H,17H2,1-2H3,(H,26,29)(H2,27,28,30). The van der Waals surface area contributed by atoms with Crippen LogP contribution in [0.2, 0.25) is 0 Å². The number of hydrogen-bond acceptors (Lipinski definition) is 3. The molecule has 0 unspecified atom stereocenters. The predicted molar refractivity (Wildman–Crippen MR) is 124 cm³/mol. The first-order valence-corrected chi connectivity index (χ1v) is 9.85. The second-order valence-corrected chi connectivity index (χ2v) is 6.98. The van der Waals surface area contributed by atoms with Crippen LogP contribution in [0.1, 0.15) is 16.7 Å². The SMILES string of the molecule is COc1cccc(C=CC(=O)NCc2cccc(NC(=O)Nc3cccc(C)c3)c2)c1. The van der Waals surface area contributed by atoms with Crippen LogP contribution in [0.15, 0.2) is 78.9 Å². The quantitative estimate of drug-likeness (QED) is 0.476. The first-order chi connectivity index (χ1) is 15.0. The minimum absolute atomic E-state index is 0.210. The number of hydrogen-bond donors (Lipinski definition) is 3. The number of urea groups is 1. The second kappa shape index (κ2) is 10.6. The summed E-state index contributed by atoms with van der Waals surface area (Å²) in [5, 5.41) is 8.45. The van der Waals surface area contributed by atoms with E-state index >= 15 is 0 Å². The Kier molecular flexibility index (Phi) is 7.43. The lowest BCUT2D eigenvalue weighted by atomic mass is 10.2. The van der Waals surface area contributed by atoms with Gasteiger partial charge in [-0.3, -0.25) is 4.79 Å². The van der Waals surface area contributed by atoms with Crippen molar-refractivity contribution < 1.29 is 14.3 Å². The van der Waals surface area contributed by atoms with Gasteiger partial charge in [0.15, 0.2) is 0 Å². The van der Waals surface area contributed by atoms with E-state index in [0.717, 1.165) is 28.1 Å². The van der Waals surface area contributed by atoms with Crippen molar-refractivity contribution in [3.05, 3.63) is 95.6 Å². The molecule has 3 N–H and O–H groups in total. The van der Waals surface area contributed by atoms with Gasteiger partial charge in [-0.1, -0.05) is 36.4 Å². The molecule has 0 atom stereocenters. The van der Waals surface area contributed by atoms with Gasteiger partial charge in [0, 0.05) is 24.0 Å². The van der Waals surface area contributed by atoms with Crippen molar-refractivity contribution in [1.82, 2.24) is 5.32 Å². The molecule has 0 fully saturated rings. The van der Waals surface area contributed by atoms with E-state index in [2.05, 4.69) is 16.0 Å². The Labute approximate surface area is 181 Å². The number of aryl methyl sites for hydroxylation is 1. The van der Waals surface area contributed by atoms with Gasteiger partial charge in [-0.25, -0.2) is 4.79 Å². The second-order valence-electron chi connectivity index (χ2n) is 6.98. The molecule has 0 aliphatic heterocycles. The number of methoxy groups -OCH3 is 1. The average Bonchev–Trinajstić information content (AvgIpc) is 2.76. The Bertz CT molecular complexity index is 1090. The van der Waals surface area contributed by atoms with Gasteiger partial charge in [-0.05, 0) is 66.1 Å². The van der Waals surface area contributed by atoms with Crippen molar-refractivity contribution in [2.24, 2.45) is 0 Å². The summed E-state index contributed by atoms with van der Waals surface area (Å²) in [7, 11) is 1.60. The number of carbonyl (C=O) groups is 2. The molecule has 6 nitrogen and oxygen atoms in total. The molecule has 0 aliphatic carbocycles. The van der Waals surface area contributed by atoms with E-state index in [-0.39, 0.29) is 11.9 Å². The van der Waals surface area contributed by atoms with Crippen molar-refractivity contribution in [3.63, 3.8) is 0 Å². The van der Waals surface area contributed by atoms with Crippen LogP contribution in [-0.4, -0.2) is 19.0 Å². The first kappa shape index (κ1) is 21.6. The third-order valence-electron chi connectivity index (χ3n) is 4.45. The highest BCUT2D eigenvalue weighted by molar-refractivity contribution is 5.99. The van der Waals surface area contributed by atoms with Crippen LogP contribution >= 0.6 is 0 Å². The van der Waals surface area contributed by atoms with E-state index in [0.29, 0.717) is 12.2 Å². The molecule has 0 saturated heterocycles. The lowest BCUT2D eigenvalue weighted by Crippen LogP contribution is -2.21. The monoisotopic (exact) mass is 415 g/mol. The van der Waals surface area contributed by atoms with Crippen molar-refractivity contribution >= 4 is 29.4 Å². The molecule has 0 spiro atoms. The van der Waals surface area contributed by atoms with Crippen LogP contribution in [0, 0.1) is 6.92 Å². The largest absolute Gasteiger partial charge is 0.497 e. The Morgan fingerprint density at radius 2 is 1.61 bits per heavy atom. The zero-order chi connectivity index (χ0) is 22.1. The third-order valence-corrected chi connectivity index (χ3v) is 4.45. The predicted octanol–water partition coefficient (Wildman–Crippen LogP) is 4.98. The molecule has 0 saturated carbocycles. The van der Waals surface area contributed by atoms with Crippen molar-refractivity contribution in [3.8, 4) is 5.75 Å². The normalized spacial score (nSPS) is 10.5. The number of amides is 3. The summed E-state index contributed by atoms with van der Waals surface area (Å²) >= 11 is 0. The van der Waals surface area contributed by atoms with E-state index in [4.69, 9.17) is 4.74 Å². The van der Waals surface area contributed by atoms with Crippen molar-refractivity contribution in [2.75, 3.05) is 17.7 Å². The molecular weight excluding hydrogens is 390 g/mol. The minimum atomic E-state index is -0.326. The molecule has 0 aliphatic rings. The number of ether oxygens (including phenoxy) is 1. The summed E-state index contributed by atoms with van der Waals surface area (Å²) in [5.41, 5.74) is 4.18. The van der Waals surface area contributed by atoms with Crippen molar-refractivity contribution in [2.45, 2.75) is 13.5 Å². The van der Waals surface area contributed by atoms with Crippen LogP contribution in [0.5, 0.6) is 5.75 Å². The molecule has 0 aromatic heterocycles. The molecule has 3 aromatic carbocycles. The van der Waals surface area contributed by atoms with E-state index < -0.39 is 0 Å². The van der Waals surface area contributed by atoms with E-state index in [1.165, 1.54) is 6.08 Å². The zero-order valence-corrected chi connectivity index (χ0v) is 17.5. The lowest BCUT2D eigenvalue weighted by molar-refractivity contribution is -0.116. The highest BCUT2D eigenvalue weighted by Gasteiger charge is 2.04. The van der Waals surface area contributed by atoms with E-state index in [9.17, 15) is 9.59 Å². The Hall–Kier alpha value is -4.06. The van der Waals surface area contributed by atoms with Crippen LogP contribution < -0.4 is 20.7 Å². The van der Waals surface area contributed by atoms with Gasteiger partial charge in [0.25, 0.3) is 0 Å². The summed E-state index contributed by atoms with van der Waals surface area (Å²) in [6.45, 7) is 2.31. The summed E-state index contributed by atoms with van der Waals surface area (Å²) in [6, 6.07) is 22.0. The van der Waals surface area contributed by atoms with Crippen LogP contribution in [-0.2, 0) is 11.3 Å². The number of nitrogens with one attached hydrogen (secondary N) is 3. The van der Waals surface area contributed by atoms with Gasteiger partial charge in [0.2, 0.25) is 5.91 Å². The fourth-order valence-electron chi connectivity index (χ4n) is 2.94. The molecule has 0 bridgehead atoms. The number of carbonyl (C=O) groups excluding carboxylic acids is 2. The minimum Gasteiger partial charge on any atom is -0.497 e. The molecule has 3 amide bonds. The van der Waals surface area contributed by atoms with Crippen LogP contribution in [0.4, 0.5) is 16.2 Å². The van der Waals surface area contributed by atoms with Gasteiger partial charge in [0.1, 0.15) is 5.75 Å².